The van der Waals surface area contributed by atoms with E-state index >= 15 is 0 Å². The molecule has 1 aliphatic rings. The molecule has 1 aromatic heterocycles. The quantitative estimate of drug-likeness (QED) is 0.760. The largest absolute Gasteiger partial charge is 0.493 e. The van der Waals surface area contributed by atoms with Crippen LogP contribution in [0.3, 0.4) is 0 Å². The molecule has 3 rings (SSSR count). The molecule has 2 heterocycles. The van der Waals surface area contributed by atoms with Gasteiger partial charge in [0, 0.05) is 18.9 Å². The van der Waals surface area contributed by atoms with Crippen LogP contribution in [-0.4, -0.2) is 50.1 Å². The molecule has 0 saturated carbocycles. The van der Waals surface area contributed by atoms with E-state index in [4.69, 9.17) is 14.2 Å². The van der Waals surface area contributed by atoms with Crippen molar-refractivity contribution in [3.05, 3.63) is 36.2 Å². The van der Waals surface area contributed by atoms with Crippen molar-refractivity contribution in [3.63, 3.8) is 0 Å². The SMILES string of the molecule is COc1cc(CNC(=O)C2(n3cccn3)CCNCC2)cc(OC)c1OC. The van der Waals surface area contributed by atoms with Crippen molar-refractivity contribution in [2.45, 2.75) is 24.9 Å². The topological polar surface area (TPSA) is 86.6 Å². The first-order valence-corrected chi connectivity index (χ1v) is 8.92. The molecule has 146 valence electrons. The number of nitrogens with one attached hydrogen (secondary N) is 2. The molecule has 0 unspecified atom stereocenters. The van der Waals surface area contributed by atoms with Crippen molar-refractivity contribution in [2.24, 2.45) is 0 Å². The number of hydrogen-bond donors (Lipinski definition) is 2. The summed E-state index contributed by atoms with van der Waals surface area (Å²) in [7, 11) is 4.70. The Morgan fingerprint density at radius 2 is 1.85 bits per heavy atom. The van der Waals surface area contributed by atoms with Crippen LogP contribution in [0.1, 0.15) is 18.4 Å². The Bertz CT molecular complexity index is 745. The van der Waals surface area contributed by atoms with Crippen LogP contribution in [0.5, 0.6) is 17.2 Å². The molecule has 0 atom stereocenters. The van der Waals surface area contributed by atoms with Crippen LogP contribution in [-0.2, 0) is 16.9 Å². The third-order valence-corrected chi connectivity index (χ3v) is 4.97. The number of carbonyl (C=O) groups excluding carboxylic acids is 1. The van der Waals surface area contributed by atoms with Crippen LogP contribution in [0, 0.1) is 0 Å². The van der Waals surface area contributed by atoms with Crippen molar-refractivity contribution >= 4 is 5.91 Å². The van der Waals surface area contributed by atoms with Crippen LogP contribution < -0.4 is 24.8 Å². The summed E-state index contributed by atoms with van der Waals surface area (Å²) >= 11 is 0. The fourth-order valence-electron chi connectivity index (χ4n) is 3.51. The Morgan fingerprint density at radius 1 is 1.19 bits per heavy atom. The second-order valence-corrected chi connectivity index (χ2v) is 6.45. The van der Waals surface area contributed by atoms with Gasteiger partial charge >= 0.3 is 0 Å². The summed E-state index contributed by atoms with van der Waals surface area (Å²) in [6, 6.07) is 5.52. The summed E-state index contributed by atoms with van der Waals surface area (Å²) < 4.78 is 17.9. The Morgan fingerprint density at radius 3 is 2.37 bits per heavy atom. The average molecular weight is 374 g/mol. The van der Waals surface area contributed by atoms with Gasteiger partial charge in [-0.15, -0.1) is 0 Å². The van der Waals surface area contributed by atoms with E-state index in [1.165, 1.54) is 0 Å². The summed E-state index contributed by atoms with van der Waals surface area (Å²) in [5, 5.41) is 10.7. The number of hydrogen-bond acceptors (Lipinski definition) is 6. The molecule has 2 aromatic rings. The van der Waals surface area contributed by atoms with Gasteiger partial charge in [0.1, 0.15) is 5.54 Å². The van der Waals surface area contributed by atoms with Gasteiger partial charge in [-0.2, -0.15) is 5.10 Å². The summed E-state index contributed by atoms with van der Waals surface area (Å²) in [4.78, 5) is 13.1. The van der Waals surface area contributed by atoms with E-state index < -0.39 is 5.54 Å². The molecule has 0 bridgehead atoms. The van der Waals surface area contributed by atoms with Gasteiger partial charge in [0.15, 0.2) is 11.5 Å². The zero-order valence-corrected chi connectivity index (χ0v) is 15.9. The number of carbonyl (C=O) groups is 1. The first-order chi connectivity index (χ1) is 13.1. The number of benzene rings is 1. The van der Waals surface area contributed by atoms with Gasteiger partial charge in [0.25, 0.3) is 0 Å². The number of nitrogens with zero attached hydrogens (tertiary/aromatic N) is 2. The maximum Gasteiger partial charge on any atom is 0.248 e. The van der Waals surface area contributed by atoms with E-state index in [0.29, 0.717) is 36.6 Å². The normalized spacial score (nSPS) is 15.8. The van der Waals surface area contributed by atoms with Crippen LogP contribution in [0.4, 0.5) is 0 Å². The van der Waals surface area contributed by atoms with Gasteiger partial charge in [0.05, 0.1) is 21.3 Å². The lowest BCUT2D eigenvalue weighted by Gasteiger charge is -2.36. The Kier molecular flexibility index (Phi) is 5.85. The van der Waals surface area contributed by atoms with Crippen molar-refractivity contribution in [2.75, 3.05) is 34.4 Å². The Balaban J connectivity index is 1.80. The lowest BCUT2D eigenvalue weighted by atomic mass is 9.87. The molecule has 8 heteroatoms. The molecular formula is C19H26N4O4. The summed E-state index contributed by atoms with van der Waals surface area (Å²) in [5.41, 5.74) is 0.192. The standard InChI is InChI=1S/C19H26N4O4/c1-25-15-11-14(12-16(26-2)17(15)27-3)13-21-18(24)19(5-8-20-9-6-19)23-10-4-7-22-23/h4,7,10-12,20H,5-6,8-9,13H2,1-3H3,(H,21,24). The molecule has 1 aromatic carbocycles. The number of ether oxygens (including phenoxy) is 3. The number of rotatable bonds is 7. The summed E-state index contributed by atoms with van der Waals surface area (Å²) in [5.74, 6) is 1.61. The molecule has 0 spiro atoms. The van der Waals surface area contributed by atoms with Gasteiger partial charge in [-0.3, -0.25) is 9.48 Å². The first-order valence-electron chi connectivity index (χ1n) is 8.92. The molecule has 2 N–H and O–H groups in total. The Hall–Kier alpha value is -2.74. The fraction of sp³-hybridized carbons (Fsp3) is 0.474. The lowest BCUT2D eigenvalue weighted by molar-refractivity contribution is -0.132. The molecule has 0 radical (unpaired) electrons. The van der Waals surface area contributed by atoms with Gasteiger partial charge in [-0.1, -0.05) is 0 Å². The zero-order chi connectivity index (χ0) is 19.3. The molecule has 1 amide bonds. The highest BCUT2D eigenvalue weighted by molar-refractivity contribution is 5.84. The van der Waals surface area contributed by atoms with Crippen molar-refractivity contribution in [1.82, 2.24) is 20.4 Å². The first kappa shape index (κ1) is 19.0. The predicted molar refractivity (Wildman–Crippen MR) is 100 cm³/mol. The van der Waals surface area contributed by atoms with Crippen molar-refractivity contribution < 1.29 is 19.0 Å². The highest BCUT2D eigenvalue weighted by Gasteiger charge is 2.41. The van der Waals surface area contributed by atoms with Gasteiger partial charge < -0.3 is 24.8 Å². The van der Waals surface area contributed by atoms with E-state index in [1.54, 1.807) is 32.2 Å². The second kappa shape index (κ2) is 8.30. The highest BCUT2D eigenvalue weighted by Crippen LogP contribution is 2.38. The zero-order valence-electron chi connectivity index (χ0n) is 15.9. The van der Waals surface area contributed by atoms with E-state index in [9.17, 15) is 4.79 Å². The lowest BCUT2D eigenvalue weighted by Crippen LogP contribution is -2.54. The minimum absolute atomic E-state index is 0.0403. The maximum atomic E-state index is 13.1. The monoisotopic (exact) mass is 374 g/mol. The fourth-order valence-corrected chi connectivity index (χ4v) is 3.51. The molecule has 0 aliphatic carbocycles. The van der Waals surface area contributed by atoms with Gasteiger partial charge in [0.2, 0.25) is 11.7 Å². The van der Waals surface area contributed by atoms with E-state index in [1.807, 2.05) is 24.4 Å². The maximum absolute atomic E-state index is 13.1. The number of amides is 1. The summed E-state index contributed by atoms with van der Waals surface area (Å²) in [6.45, 7) is 1.90. The minimum atomic E-state index is -0.671. The van der Waals surface area contributed by atoms with Crippen LogP contribution in [0.2, 0.25) is 0 Å². The molecular weight excluding hydrogens is 348 g/mol. The summed E-state index contributed by atoms with van der Waals surface area (Å²) in [6.07, 6.45) is 4.94. The predicted octanol–water partition coefficient (Wildman–Crippen LogP) is 1.30. The van der Waals surface area contributed by atoms with E-state index in [2.05, 4.69) is 15.7 Å². The molecule has 1 fully saturated rings. The molecule has 1 saturated heterocycles. The smallest absolute Gasteiger partial charge is 0.248 e. The Labute approximate surface area is 158 Å². The number of aromatic nitrogens is 2. The number of methoxy groups -OCH3 is 3. The molecule has 27 heavy (non-hydrogen) atoms. The molecule has 1 aliphatic heterocycles. The molecule has 8 nitrogen and oxygen atoms in total. The minimum Gasteiger partial charge on any atom is -0.493 e. The van der Waals surface area contributed by atoms with Crippen molar-refractivity contribution in [3.8, 4) is 17.2 Å². The van der Waals surface area contributed by atoms with Gasteiger partial charge in [-0.25, -0.2) is 0 Å². The van der Waals surface area contributed by atoms with E-state index in [0.717, 1.165) is 18.7 Å². The third-order valence-electron chi connectivity index (χ3n) is 4.97. The number of piperidine rings is 1. The van der Waals surface area contributed by atoms with Crippen LogP contribution in [0.25, 0.3) is 0 Å². The third kappa shape index (κ3) is 3.71. The van der Waals surface area contributed by atoms with Crippen LogP contribution in [0.15, 0.2) is 30.6 Å². The van der Waals surface area contributed by atoms with Crippen LogP contribution >= 0.6 is 0 Å². The van der Waals surface area contributed by atoms with E-state index in [-0.39, 0.29) is 5.91 Å². The second-order valence-electron chi connectivity index (χ2n) is 6.45. The highest BCUT2D eigenvalue weighted by atomic mass is 16.5. The van der Waals surface area contributed by atoms with Crippen molar-refractivity contribution in [1.29, 1.82) is 0 Å². The van der Waals surface area contributed by atoms with Gasteiger partial charge in [-0.05, 0) is 49.7 Å². The average Bonchev–Trinajstić information content (AvgIpc) is 3.27.